The topological polar surface area (TPSA) is 3.24 Å². The van der Waals surface area contributed by atoms with Crippen molar-refractivity contribution >= 4 is 38.6 Å². The van der Waals surface area contributed by atoms with Crippen molar-refractivity contribution in [3.63, 3.8) is 0 Å². The van der Waals surface area contributed by atoms with Crippen LogP contribution >= 0.6 is 0 Å². The van der Waals surface area contributed by atoms with Gasteiger partial charge in [-0.3, -0.25) is 0 Å². The number of benzene rings is 9. The number of nitrogens with zero attached hydrogens (tertiary/aromatic N) is 1. The fourth-order valence-corrected chi connectivity index (χ4v) is 8.30. The maximum absolute atomic E-state index is 9.76. The molecule has 10 rings (SSSR count). The third-order valence-corrected chi connectivity index (χ3v) is 11.1. The lowest BCUT2D eigenvalue weighted by Crippen LogP contribution is -2.16. The second-order valence-electron chi connectivity index (χ2n) is 14.7. The molecule has 0 fully saturated rings. The third-order valence-electron chi connectivity index (χ3n) is 11.1. The van der Waals surface area contributed by atoms with Gasteiger partial charge in [0.25, 0.3) is 0 Å². The Bertz CT molecular complexity index is 2990. The Hall–Kier alpha value is -6.70. The molecule has 0 saturated carbocycles. The van der Waals surface area contributed by atoms with Crippen LogP contribution in [0.25, 0.3) is 66.1 Å². The maximum atomic E-state index is 9.76. The highest BCUT2D eigenvalue weighted by molar-refractivity contribution is 6.08. The van der Waals surface area contributed by atoms with Crippen molar-refractivity contribution in [2.24, 2.45) is 0 Å². The van der Waals surface area contributed by atoms with Crippen molar-refractivity contribution in [1.29, 1.82) is 0 Å². The van der Waals surface area contributed by atoms with E-state index in [4.69, 9.17) is 0 Å². The zero-order valence-corrected chi connectivity index (χ0v) is 30.2. The van der Waals surface area contributed by atoms with E-state index in [2.05, 4.69) is 123 Å². The molecule has 256 valence electrons. The lowest BCUT2D eigenvalue weighted by molar-refractivity contribution is 0.660. The first-order chi connectivity index (χ1) is 28.2. The Morgan fingerprint density at radius 2 is 0.981 bits per heavy atom. The predicted molar refractivity (Wildman–Crippen MR) is 230 cm³/mol. The molecule has 0 amide bonds. The molecular weight excluding hydrogens is 651 g/mol. The summed E-state index contributed by atoms with van der Waals surface area (Å²) in [6.45, 7) is 4.48. The van der Waals surface area contributed by atoms with Gasteiger partial charge in [0.1, 0.15) is 0 Å². The van der Waals surface area contributed by atoms with E-state index in [1.54, 1.807) is 0 Å². The van der Waals surface area contributed by atoms with E-state index in [9.17, 15) is 5.48 Å². The van der Waals surface area contributed by atoms with E-state index in [1.807, 2.05) is 71.6 Å². The first kappa shape index (κ1) is 27.9. The highest BCUT2D eigenvalue weighted by Crippen LogP contribution is 2.51. The summed E-state index contributed by atoms with van der Waals surface area (Å²) in [4.78, 5) is 1.94. The highest BCUT2D eigenvalue weighted by atomic mass is 15.1. The van der Waals surface area contributed by atoms with Crippen LogP contribution in [0.4, 0.5) is 17.1 Å². The molecule has 0 spiro atoms. The number of hydrogen-bond acceptors (Lipinski definition) is 1. The average molecular weight is 694 g/mol. The molecule has 9 aromatic rings. The van der Waals surface area contributed by atoms with Crippen LogP contribution in [0.1, 0.15) is 30.5 Å². The van der Waals surface area contributed by atoms with E-state index in [1.165, 1.54) is 11.1 Å². The standard InChI is InChI=1S/C53H39N/c1-53(2)51-20-12-11-19-49(51)50-30-28-45(35-52(50)53)54(46-33-42(36-13-5-3-6-14-36)32-43(34-46)37-15-7-4-8-16-37)44-26-23-38(24-27-44)40-25-29-48-41(31-40)22-21-39-17-9-10-18-47(39)48/h3-35H,1-2H3/i23D,24D,26D,27D. The highest BCUT2D eigenvalue weighted by Gasteiger charge is 2.35. The number of fused-ring (bicyclic) bond motifs is 6. The number of anilines is 3. The molecule has 0 saturated heterocycles. The van der Waals surface area contributed by atoms with Crippen molar-refractivity contribution in [2.45, 2.75) is 19.3 Å². The molecule has 1 aliphatic rings. The molecule has 0 aromatic heterocycles. The van der Waals surface area contributed by atoms with Crippen LogP contribution in [0, 0.1) is 0 Å². The molecule has 0 atom stereocenters. The van der Waals surface area contributed by atoms with Crippen LogP contribution < -0.4 is 4.90 Å². The Balaban J connectivity index is 1.22. The van der Waals surface area contributed by atoms with Crippen molar-refractivity contribution < 1.29 is 5.48 Å². The van der Waals surface area contributed by atoms with E-state index in [0.717, 1.165) is 66.3 Å². The van der Waals surface area contributed by atoms with Gasteiger partial charge in [-0.05, 0) is 126 Å². The van der Waals surface area contributed by atoms with Gasteiger partial charge in [0, 0.05) is 22.5 Å². The summed E-state index contributed by atoms with van der Waals surface area (Å²) in [7, 11) is 0. The molecule has 0 unspecified atom stereocenters. The predicted octanol–water partition coefficient (Wildman–Crippen LogP) is 14.8. The minimum absolute atomic E-state index is 0.0856. The molecule has 1 heteroatoms. The molecule has 0 radical (unpaired) electrons. The molecule has 1 aliphatic carbocycles. The van der Waals surface area contributed by atoms with Crippen LogP contribution in [0.15, 0.2) is 200 Å². The third kappa shape index (κ3) is 5.40. The minimum atomic E-state index is -0.297. The zero-order chi connectivity index (χ0) is 39.7. The van der Waals surface area contributed by atoms with Crippen LogP contribution in [0.2, 0.25) is 0 Å². The van der Waals surface area contributed by atoms with Crippen molar-refractivity contribution in [2.75, 3.05) is 4.90 Å². The largest absolute Gasteiger partial charge is 0.310 e. The second kappa shape index (κ2) is 12.8. The summed E-state index contributed by atoms with van der Waals surface area (Å²) in [5.41, 5.74) is 11.1. The van der Waals surface area contributed by atoms with Gasteiger partial charge in [-0.1, -0.05) is 165 Å². The smallest absolute Gasteiger partial charge is 0.0645 e. The fraction of sp³-hybridized carbons (Fsp3) is 0.0566. The summed E-state index contributed by atoms with van der Waals surface area (Å²) in [5, 5.41) is 4.33. The maximum Gasteiger partial charge on any atom is 0.0645 e. The lowest BCUT2D eigenvalue weighted by atomic mass is 9.82. The van der Waals surface area contributed by atoms with Crippen LogP contribution in [-0.4, -0.2) is 0 Å². The van der Waals surface area contributed by atoms with Crippen molar-refractivity contribution in [1.82, 2.24) is 0 Å². The molecule has 0 heterocycles. The molecule has 0 N–H and O–H groups in total. The minimum Gasteiger partial charge on any atom is -0.310 e. The quantitative estimate of drug-likeness (QED) is 0.157. The van der Waals surface area contributed by atoms with E-state index < -0.39 is 0 Å². The van der Waals surface area contributed by atoms with Gasteiger partial charge in [-0.25, -0.2) is 0 Å². The van der Waals surface area contributed by atoms with Crippen LogP contribution in [0.3, 0.4) is 0 Å². The van der Waals surface area contributed by atoms with Crippen molar-refractivity contribution in [3.8, 4) is 44.5 Å². The van der Waals surface area contributed by atoms with Gasteiger partial charge in [-0.15, -0.1) is 0 Å². The van der Waals surface area contributed by atoms with Gasteiger partial charge in [0.15, 0.2) is 0 Å². The lowest BCUT2D eigenvalue weighted by Gasteiger charge is -2.29. The Morgan fingerprint density at radius 3 is 1.72 bits per heavy atom. The summed E-state index contributed by atoms with van der Waals surface area (Å²) in [6, 6.07) is 59.7. The SMILES string of the molecule is [2H]c1c([2H])c(N(c2cc(-c3ccccc3)cc(-c3ccccc3)c2)c2ccc3c(c2)C(C)(C)c2ccccc2-3)c([2H])c([2H])c1-c1ccc2c(ccc3ccccc32)c1. The molecule has 0 aliphatic heterocycles. The molecule has 0 bridgehead atoms. The summed E-state index contributed by atoms with van der Waals surface area (Å²) in [5.74, 6) is 0. The first-order valence-electron chi connectivity index (χ1n) is 20.5. The fourth-order valence-electron chi connectivity index (χ4n) is 8.30. The summed E-state index contributed by atoms with van der Waals surface area (Å²) >= 11 is 0. The van der Waals surface area contributed by atoms with Crippen LogP contribution in [0.5, 0.6) is 0 Å². The summed E-state index contributed by atoms with van der Waals surface area (Å²) < 4.78 is 38.7. The van der Waals surface area contributed by atoms with E-state index >= 15 is 0 Å². The molecule has 9 aromatic carbocycles. The summed E-state index contributed by atoms with van der Waals surface area (Å²) in [6.07, 6.45) is 0. The van der Waals surface area contributed by atoms with Crippen LogP contribution in [-0.2, 0) is 5.41 Å². The monoisotopic (exact) mass is 693 g/mol. The van der Waals surface area contributed by atoms with Gasteiger partial charge in [-0.2, -0.15) is 0 Å². The second-order valence-corrected chi connectivity index (χ2v) is 14.7. The Kier molecular flexibility index (Phi) is 6.59. The molecule has 54 heavy (non-hydrogen) atoms. The van der Waals surface area contributed by atoms with E-state index in [-0.39, 0.29) is 40.8 Å². The Labute approximate surface area is 323 Å². The number of rotatable bonds is 6. The van der Waals surface area contributed by atoms with Gasteiger partial charge < -0.3 is 4.90 Å². The van der Waals surface area contributed by atoms with Gasteiger partial charge in [0.2, 0.25) is 0 Å². The normalized spacial score (nSPS) is 13.8. The van der Waals surface area contributed by atoms with Gasteiger partial charge >= 0.3 is 0 Å². The molecule has 1 nitrogen and oxygen atoms in total. The van der Waals surface area contributed by atoms with Crippen molar-refractivity contribution in [3.05, 3.63) is 211 Å². The number of hydrogen-bond donors (Lipinski definition) is 0. The molecular formula is C53H39N. The van der Waals surface area contributed by atoms with E-state index in [0.29, 0.717) is 5.56 Å². The average Bonchev–Trinajstić information content (AvgIpc) is 3.50. The van der Waals surface area contributed by atoms with Gasteiger partial charge in [0.05, 0.1) is 5.48 Å². The first-order valence-corrected chi connectivity index (χ1v) is 18.5. The zero-order valence-electron chi connectivity index (χ0n) is 34.2. The Morgan fingerprint density at radius 1 is 0.370 bits per heavy atom.